The van der Waals surface area contributed by atoms with Crippen LogP contribution in [-0.2, 0) is 17.5 Å². The van der Waals surface area contributed by atoms with Crippen LogP contribution in [0.5, 0.6) is 5.88 Å². The number of aromatic amines is 1. The zero-order valence-electron chi connectivity index (χ0n) is 15.9. The molecule has 8 nitrogen and oxygen atoms in total. The van der Waals surface area contributed by atoms with Crippen molar-refractivity contribution in [1.82, 2.24) is 19.9 Å². The highest BCUT2D eigenvalue weighted by atomic mass is 19.4. The smallest absolute Gasteiger partial charge is 0.417 e. The summed E-state index contributed by atoms with van der Waals surface area (Å²) in [4.78, 5) is 40.6. The van der Waals surface area contributed by atoms with Crippen molar-refractivity contribution >= 4 is 5.91 Å². The maximum absolute atomic E-state index is 12.6. The first kappa shape index (κ1) is 21.6. The molecule has 2 aromatic rings. The van der Waals surface area contributed by atoms with E-state index in [-0.39, 0.29) is 36.9 Å². The van der Waals surface area contributed by atoms with E-state index < -0.39 is 23.0 Å². The molecule has 11 heteroatoms. The molecule has 0 aliphatic heterocycles. The van der Waals surface area contributed by atoms with E-state index in [1.54, 1.807) is 0 Å². The number of nitrogens with one attached hydrogen (secondary N) is 2. The Balaban J connectivity index is 1.41. The molecule has 162 valence electrons. The van der Waals surface area contributed by atoms with Crippen LogP contribution in [0, 0.1) is 0 Å². The van der Waals surface area contributed by atoms with Crippen LogP contribution < -0.4 is 21.3 Å². The summed E-state index contributed by atoms with van der Waals surface area (Å²) in [5.74, 6) is -0.0660. The largest absolute Gasteiger partial charge is 0.474 e. The van der Waals surface area contributed by atoms with Gasteiger partial charge in [-0.15, -0.1) is 0 Å². The highest BCUT2D eigenvalue weighted by Crippen LogP contribution is 2.30. The van der Waals surface area contributed by atoms with Crippen molar-refractivity contribution in [2.75, 3.05) is 0 Å². The first-order valence-corrected chi connectivity index (χ1v) is 9.50. The van der Waals surface area contributed by atoms with Crippen LogP contribution in [0.25, 0.3) is 0 Å². The minimum Gasteiger partial charge on any atom is -0.474 e. The van der Waals surface area contributed by atoms with Crippen LogP contribution in [0.2, 0.25) is 0 Å². The van der Waals surface area contributed by atoms with E-state index in [2.05, 4.69) is 15.3 Å². The van der Waals surface area contributed by atoms with Gasteiger partial charge in [-0.1, -0.05) is 0 Å². The van der Waals surface area contributed by atoms with Crippen LogP contribution in [0.3, 0.4) is 0 Å². The van der Waals surface area contributed by atoms with Gasteiger partial charge in [0.25, 0.3) is 5.56 Å². The van der Waals surface area contributed by atoms with Gasteiger partial charge in [0.2, 0.25) is 11.8 Å². The Morgan fingerprint density at radius 3 is 2.53 bits per heavy atom. The molecule has 0 saturated heterocycles. The number of halogens is 3. The Bertz CT molecular complexity index is 977. The molecule has 30 heavy (non-hydrogen) atoms. The topological polar surface area (TPSA) is 106 Å². The van der Waals surface area contributed by atoms with Gasteiger partial charge < -0.3 is 14.6 Å². The molecular formula is C19H21F3N4O4. The SMILES string of the molecule is O=C(CCn1ccc(=O)[nH]c1=O)NC1CCC(Oc2ccc(C(F)(F)F)cn2)CC1. The number of carbonyl (C=O) groups excluding carboxylic acids is 1. The van der Waals surface area contributed by atoms with E-state index in [4.69, 9.17) is 4.74 Å². The number of carbonyl (C=O) groups is 1. The third kappa shape index (κ3) is 5.94. The van der Waals surface area contributed by atoms with Gasteiger partial charge in [-0.05, 0) is 31.7 Å². The molecule has 0 bridgehead atoms. The first-order valence-electron chi connectivity index (χ1n) is 9.50. The number of nitrogens with zero attached hydrogens (tertiary/aromatic N) is 2. The number of hydrogen-bond donors (Lipinski definition) is 2. The fourth-order valence-electron chi connectivity index (χ4n) is 3.26. The van der Waals surface area contributed by atoms with Crippen molar-refractivity contribution in [2.24, 2.45) is 0 Å². The molecule has 0 radical (unpaired) electrons. The maximum atomic E-state index is 12.6. The molecule has 2 heterocycles. The Labute approximate surface area is 169 Å². The predicted molar refractivity (Wildman–Crippen MR) is 100.0 cm³/mol. The van der Waals surface area contributed by atoms with E-state index >= 15 is 0 Å². The summed E-state index contributed by atoms with van der Waals surface area (Å²) in [6.45, 7) is 0.152. The van der Waals surface area contributed by atoms with Gasteiger partial charge in [0.05, 0.1) is 5.56 Å². The van der Waals surface area contributed by atoms with Crippen molar-refractivity contribution in [3.63, 3.8) is 0 Å². The number of aryl methyl sites for hydroxylation is 1. The average Bonchev–Trinajstić information content (AvgIpc) is 2.68. The van der Waals surface area contributed by atoms with Crippen molar-refractivity contribution in [3.05, 3.63) is 57.0 Å². The Morgan fingerprint density at radius 1 is 1.20 bits per heavy atom. The van der Waals surface area contributed by atoms with Crippen molar-refractivity contribution in [3.8, 4) is 5.88 Å². The molecule has 2 aromatic heterocycles. The highest BCUT2D eigenvalue weighted by molar-refractivity contribution is 5.76. The Kier molecular flexibility index (Phi) is 6.58. The fraction of sp³-hybridized carbons (Fsp3) is 0.474. The summed E-state index contributed by atoms with van der Waals surface area (Å²) >= 11 is 0. The average molecular weight is 426 g/mol. The van der Waals surface area contributed by atoms with Crippen LogP contribution in [0.4, 0.5) is 13.2 Å². The summed E-state index contributed by atoms with van der Waals surface area (Å²) in [6.07, 6.45) is 0.152. The van der Waals surface area contributed by atoms with Crippen LogP contribution in [0.1, 0.15) is 37.7 Å². The van der Waals surface area contributed by atoms with Crippen LogP contribution in [0.15, 0.2) is 40.2 Å². The molecule has 1 amide bonds. The van der Waals surface area contributed by atoms with Crippen molar-refractivity contribution in [2.45, 2.75) is 57.0 Å². The molecule has 0 unspecified atom stereocenters. The van der Waals surface area contributed by atoms with E-state index in [1.165, 1.54) is 22.9 Å². The lowest BCUT2D eigenvalue weighted by Gasteiger charge is -2.29. The Morgan fingerprint density at radius 2 is 1.93 bits per heavy atom. The fourth-order valence-corrected chi connectivity index (χ4v) is 3.26. The lowest BCUT2D eigenvalue weighted by molar-refractivity contribution is -0.137. The van der Waals surface area contributed by atoms with Gasteiger partial charge in [0, 0.05) is 43.5 Å². The van der Waals surface area contributed by atoms with Gasteiger partial charge in [-0.2, -0.15) is 13.2 Å². The summed E-state index contributed by atoms with van der Waals surface area (Å²) in [7, 11) is 0. The number of H-pyrrole nitrogens is 1. The van der Waals surface area contributed by atoms with Crippen LogP contribution >= 0.6 is 0 Å². The highest BCUT2D eigenvalue weighted by Gasteiger charge is 2.31. The second-order valence-electron chi connectivity index (χ2n) is 7.10. The summed E-state index contributed by atoms with van der Waals surface area (Å²) in [6, 6.07) is 3.31. The number of hydrogen-bond acceptors (Lipinski definition) is 5. The van der Waals surface area contributed by atoms with Gasteiger partial charge in [0.1, 0.15) is 6.10 Å². The second-order valence-corrected chi connectivity index (χ2v) is 7.10. The van der Waals surface area contributed by atoms with Crippen LogP contribution in [-0.4, -0.2) is 32.6 Å². The van der Waals surface area contributed by atoms with Gasteiger partial charge >= 0.3 is 11.9 Å². The number of ether oxygens (including phenoxy) is 1. The standard InChI is InChI=1S/C19H21F3N4O4/c20-19(21,22)12-1-6-17(23-11-12)30-14-4-2-13(3-5-14)24-15(27)7-9-26-10-8-16(28)25-18(26)29/h1,6,8,10-11,13-14H,2-5,7,9H2,(H,24,27)(H,25,28,29). The van der Waals surface area contributed by atoms with E-state index in [1.807, 2.05) is 0 Å². The van der Waals surface area contributed by atoms with Gasteiger partial charge in [-0.25, -0.2) is 9.78 Å². The lowest BCUT2D eigenvalue weighted by atomic mass is 9.93. The third-order valence-electron chi connectivity index (χ3n) is 4.87. The normalized spacial score (nSPS) is 19.3. The molecule has 1 aliphatic rings. The molecule has 0 atom stereocenters. The molecule has 1 saturated carbocycles. The molecule has 0 spiro atoms. The zero-order chi connectivity index (χ0) is 21.7. The van der Waals surface area contributed by atoms with Gasteiger partial charge in [0.15, 0.2) is 0 Å². The first-order chi connectivity index (χ1) is 14.2. The lowest BCUT2D eigenvalue weighted by Crippen LogP contribution is -2.40. The van der Waals surface area contributed by atoms with Gasteiger partial charge in [-0.3, -0.25) is 14.6 Å². The number of alkyl halides is 3. The third-order valence-corrected chi connectivity index (χ3v) is 4.87. The zero-order valence-corrected chi connectivity index (χ0v) is 15.9. The quantitative estimate of drug-likeness (QED) is 0.733. The number of pyridine rings is 1. The Hall–Kier alpha value is -3.11. The van der Waals surface area contributed by atoms with E-state index in [9.17, 15) is 27.6 Å². The second kappa shape index (κ2) is 9.14. The van der Waals surface area contributed by atoms with E-state index in [0.717, 1.165) is 12.3 Å². The van der Waals surface area contributed by atoms with Crippen molar-refractivity contribution in [1.29, 1.82) is 0 Å². The molecule has 3 rings (SSSR count). The number of aromatic nitrogens is 3. The summed E-state index contributed by atoms with van der Waals surface area (Å²) < 4.78 is 44.6. The predicted octanol–water partition coefficient (Wildman–Crippen LogP) is 1.85. The van der Waals surface area contributed by atoms with Crippen molar-refractivity contribution < 1.29 is 22.7 Å². The summed E-state index contributed by atoms with van der Waals surface area (Å²) in [5.41, 5.74) is -1.89. The maximum Gasteiger partial charge on any atom is 0.417 e. The monoisotopic (exact) mass is 426 g/mol. The molecule has 2 N–H and O–H groups in total. The molecule has 1 aliphatic carbocycles. The number of amides is 1. The molecule has 1 fully saturated rings. The molecular weight excluding hydrogens is 405 g/mol. The molecule has 0 aromatic carbocycles. The number of rotatable bonds is 6. The van der Waals surface area contributed by atoms with E-state index in [0.29, 0.717) is 25.7 Å². The minimum absolute atomic E-state index is 0.0368. The summed E-state index contributed by atoms with van der Waals surface area (Å²) in [5, 5.41) is 2.91. The minimum atomic E-state index is -4.44.